The molecule has 0 atom stereocenters. The average Bonchev–Trinajstić information content (AvgIpc) is 2.62. The Hall–Kier alpha value is -3.36. The summed E-state index contributed by atoms with van der Waals surface area (Å²) in [6.45, 7) is 0. The van der Waals surface area contributed by atoms with Crippen molar-refractivity contribution >= 4 is 11.6 Å². The third-order valence-corrected chi connectivity index (χ3v) is 3.39. The molecule has 0 aliphatic rings. The summed E-state index contributed by atoms with van der Waals surface area (Å²) < 4.78 is 52.0. The van der Waals surface area contributed by atoms with Crippen LogP contribution in [0, 0.1) is 5.82 Å². The summed E-state index contributed by atoms with van der Waals surface area (Å²) in [6, 6.07) is 6.95. The molecule has 132 valence electrons. The zero-order valence-corrected chi connectivity index (χ0v) is 13.0. The van der Waals surface area contributed by atoms with Gasteiger partial charge in [0, 0.05) is 11.8 Å². The van der Waals surface area contributed by atoms with Crippen molar-refractivity contribution in [2.24, 2.45) is 0 Å². The quantitative estimate of drug-likeness (QED) is 0.717. The van der Waals surface area contributed by atoms with Crippen LogP contribution >= 0.6 is 0 Å². The minimum atomic E-state index is -4.84. The smallest absolute Gasteiger partial charge is 0.319 e. The van der Waals surface area contributed by atoms with E-state index in [1.54, 1.807) is 12.1 Å². The molecular formula is C17H10F4N4O. The van der Waals surface area contributed by atoms with Gasteiger partial charge in [0.1, 0.15) is 17.8 Å². The number of halogens is 4. The Morgan fingerprint density at radius 2 is 1.88 bits per heavy atom. The van der Waals surface area contributed by atoms with Crippen molar-refractivity contribution in [3.05, 3.63) is 72.2 Å². The van der Waals surface area contributed by atoms with E-state index in [0.29, 0.717) is 17.8 Å². The number of hydrogen-bond acceptors (Lipinski definition) is 4. The summed E-state index contributed by atoms with van der Waals surface area (Å²) in [4.78, 5) is 23.7. The molecule has 0 unspecified atom stereocenters. The molecule has 0 saturated carbocycles. The molecule has 1 N–H and O–H groups in total. The predicted molar refractivity (Wildman–Crippen MR) is 84.6 cm³/mol. The molecule has 0 radical (unpaired) electrons. The van der Waals surface area contributed by atoms with E-state index < -0.39 is 23.5 Å². The summed E-state index contributed by atoms with van der Waals surface area (Å²) in [5.74, 6) is -1.97. The third-order valence-electron chi connectivity index (χ3n) is 3.39. The van der Waals surface area contributed by atoms with Crippen LogP contribution in [0.4, 0.5) is 23.2 Å². The Morgan fingerprint density at radius 3 is 2.58 bits per heavy atom. The van der Waals surface area contributed by atoms with Gasteiger partial charge in [-0.1, -0.05) is 0 Å². The van der Waals surface area contributed by atoms with E-state index in [-0.39, 0.29) is 17.0 Å². The highest BCUT2D eigenvalue weighted by molar-refractivity contribution is 6.03. The van der Waals surface area contributed by atoms with Gasteiger partial charge in [-0.15, -0.1) is 0 Å². The van der Waals surface area contributed by atoms with Crippen molar-refractivity contribution < 1.29 is 22.4 Å². The molecule has 3 rings (SSSR count). The van der Waals surface area contributed by atoms with Crippen LogP contribution in [0.25, 0.3) is 11.3 Å². The van der Waals surface area contributed by atoms with Gasteiger partial charge >= 0.3 is 6.18 Å². The van der Waals surface area contributed by atoms with Crippen molar-refractivity contribution in [1.29, 1.82) is 0 Å². The highest BCUT2D eigenvalue weighted by Crippen LogP contribution is 2.33. The van der Waals surface area contributed by atoms with E-state index in [9.17, 15) is 22.4 Å². The minimum Gasteiger partial charge on any atom is -0.319 e. The highest BCUT2D eigenvalue weighted by Gasteiger charge is 2.34. The van der Waals surface area contributed by atoms with E-state index in [0.717, 1.165) is 12.4 Å². The fraction of sp³-hybridized carbons (Fsp3) is 0.0588. The SMILES string of the molecule is O=C(Nc1cccnc1)c1cc(-c2ccc(F)c(C(F)(F)F)c2)ncn1. The molecule has 0 aliphatic heterocycles. The van der Waals surface area contributed by atoms with Gasteiger partial charge in [0.15, 0.2) is 0 Å². The predicted octanol–water partition coefficient (Wildman–Crippen LogP) is 3.95. The first kappa shape index (κ1) is 17.5. The third kappa shape index (κ3) is 3.82. The summed E-state index contributed by atoms with van der Waals surface area (Å²) in [7, 11) is 0. The average molecular weight is 362 g/mol. The Labute approximate surface area is 144 Å². The van der Waals surface area contributed by atoms with Crippen LogP contribution in [0.3, 0.4) is 0 Å². The van der Waals surface area contributed by atoms with Crippen LogP contribution in [0.1, 0.15) is 16.1 Å². The van der Waals surface area contributed by atoms with Crippen molar-refractivity contribution in [3.63, 3.8) is 0 Å². The maximum atomic E-state index is 13.4. The van der Waals surface area contributed by atoms with Crippen LogP contribution in [-0.4, -0.2) is 20.9 Å². The first-order chi connectivity index (χ1) is 12.3. The number of anilines is 1. The van der Waals surface area contributed by atoms with Crippen LogP contribution in [-0.2, 0) is 6.18 Å². The zero-order valence-electron chi connectivity index (χ0n) is 13.0. The van der Waals surface area contributed by atoms with Gasteiger partial charge < -0.3 is 5.32 Å². The van der Waals surface area contributed by atoms with Gasteiger partial charge in [-0.05, 0) is 36.4 Å². The summed E-state index contributed by atoms with van der Waals surface area (Å²) in [5, 5.41) is 2.55. The monoisotopic (exact) mass is 362 g/mol. The molecule has 0 spiro atoms. The molecule has 9 heteroatoms. The normalized spacial score (nSPS) is 11.2. The fourth-order valence-electron chi connectivity index (χ4n) is 2.17. The molecule has 5 nitrogen and oxygen atoms in total. The molecule has 0 fully saturated rings. The lowest BCUT2D eigenvalue weighted by Gasteiger charge is -2.10. The molecule has 26 heavy (non-hydrogen) atoms. The number of pyridine rings is 1. The highest BCUT2D eigenvalue weighted by atomic mass is 19.4. The van der Waals surface area contributed by atoms with E-state index in [4.69, 9.17) is 0 Å². The summed E-state index contributed by atoms with van der Waals surface area (Å²) >= 11 is 0. The van der Waals surface area contributed by atoms with Crippen LogP contribution in [0.2, 0.25) is 0 Å². The van der Waals surface area contributed by atoms with E-state index in [1.807, 2.05) is 0 Å². The first-order valence-electron chi connectivity index (χ1n) is 7.25. The van der Waals surface area contributed by atoms with E-state index in [2.05, 4.69) is 20.3 Å². The molecule has 1 amide bonds. The number of benzene rings is 1. The maximum Gasteiger partial charge on any atom is 0.419 e. The largest absolute Gasteiger partial charge is 0.419 e. The van der Waals surface area contributed by atoms with Gasteiger partial charge in [-0.2, -0.15) is 13.2 Å². The number of carbonyl (C=O) groups excluding carboxylic acids is 1. The number of alkyl halides is 3. The van der Waals surface area contributed by atoms with Crippen molar-refractivity contribution in [2.45, 2.75) is 6.18 Å². The van der Waals surface area contributed by atoms with Crippen molar-refractivity contribution in [3.8, 4) is 11.3 Å². The van der Waals surface area contributed by atoms with Gasteiger partial charge in [0.05, 0.1) is 23.1 Å². The zero-order chi connectivity index (χ0) is 18.7. The summed E-state index contributed by atoms with van der Waals surface area (Å²) in [6.07, 6.45) is -0.835. The molecule has 3 aromatic rings. The van der Waals surface area contributed by atoms with Crippen LogP contribution in [0.15, 0.2) is 55.1 Å². The number of aromatic nitrogens is 3. The second kappa shape index (κ2) is 6.87. The van der Waals surface area contributed by atoms with Gasteiger partial charge in [-0.25, -0.2) is 14.4 Å². The fourth-order valence-corrected chi connectivity index (χ4v) is 2.17. The maximum absolute atomic E-state index is 13.4. The Balaban J connectivity index is 1.91. The lowest BCUT2D eigenvalue weighted by Crippen LogP contribution is -2.14. The van der Waals surface area contributed by atoms with Gasteiger partial charge in [0.2, 0.25) is 0 Å². The number of nitrogens with one attached hydrogen (secondary N) is 1. The summed E-state index contributed by atoms with van der Waals surface area (Å²) in [5.41, 5.74) is -0.969. The van der Waals surface area contributed by atoms with Crippen LogP contribution in [0.5, 0.6) is 0 Å². The molecule has 0 aliphatic carbocycles. The van der Waals surface area contributed by atoms with Crippen molar-refractivity contribution in [1.82, 2.24) is 15.0 Å². The number of hydrogen-bond donors (Lipinski definition) is 1. The molecule has 2 heterocycles. The number of carbonyl (C=O) groups is 1. The van der Waals surface area contributed by atoms with Gasteiger partial charge in [-0.3, -0.25) is 9.78 Å². The topological polar surface area (TPSA) is 67.8 Å². The number of nitrogens with zero attached hydrogens (tertiary/aromatic N) is 3. The number of amides is 1. The van der Waals surface area contributed by atoms with Gasteiger partial charge in [0.25, 0.3) is 5.91 Å². The van der Waals surface area contributed by atoms with E-state index in [1.165, 1.54) is 18.5 Å². The Kier molecular flexibility index (Phi) is 4.61. The van der Waals surface area contributed by atoms with E-state index >= 15 is 0 Å². The molecule has 1 aromatic carbocycles. The standard InChI is InChI=1S/C17H10F4N4O/c18-13-4-3-10(6-12(13)17(19,20)21)14-7-15(24-9-23-14)16(26)25-11-2-1-5-22-8-11/h1-9H,(H,25,26). The second-order valence-electron chi connectivity index (χ2n) is 5.18. The second-order valence-corrected chi connectivity index (χ2v) is 5.18. The lowest BCUT2D eigenvalue weighted by molar-refractivity contribution is -0.139. The Bertz CT molecular complexity index is 945. The first-order valence-corrected chi connectivity index (χ1v) is 7.25. The molecule has 2 aromatic heterocycles. The minimum absolute atomic E-state index is 0.0107. The Morgan fingerprint density at radius 1 is 1.08 bits per heavy atom. The molecular weight excluding hydrogens is 352 g/mol. The number of rotatable bonds is 3. The van der Waals surface area contributed by atoms with Crippen molar-refractivity contribution in [2.75, 3.05) is 5.32 Å². The lowest BCUT2D eigenvalue weighted by atomic mass is 10.1. The van der Waals surface area contributed by atoms with Crippen LogP contribution < -0.4 is 5.32 Å². The molecule has 0 saturated heterocycles. The molecule has 0 bridgehead atoms.